The van der Waals surface area contributed by atoms with Crippen molar-refractivity contribution in [1.29, 1.82) is 0 Å². The Morgan fingerprint density at radius 1 is 1.23 bits per heavy atom. The maximum Gasteiger partial charge on any atom is 0.273 e. The molecule has 1 aromatic carbocycles. The fourth-order valence-corrected chi connectivity index (χ4v) is 1.97. The summed E-state index contributed by atoms with van der Waals surface area (Å²) in [6.07, 6.45) is 2.71. The Hall–Kier alpha value is -2.08. The average molecular weight is 308 g/mol. The van der Waals surface area contributed by atoms with Crippen LogP contribution in [0.15, 0.2) is 24.3 Å². The number of amides is 2. The zero-order chi connectivity index (χ0) is 16.4. The van der Waals surface area contributed by atoms with Crippen LogP contribution in [0.3, 0.4) is 0 Å². The molecule has 22 heavy (non-hydrogen) atoms. The fraction of sp³-hybridized carbons (Fsp3) is 0.500. The number of para-hydroxylation sites is 1. The number of methoxy groups -OCH3 is 1. The summed E-state index contributed by atoms with van der Waals surface area (Å²) in [6.45, 7) is 2.05. The molecule has 1 unspecified atom stereocenters. The number of benzene rings is 1. The van der Waals surface area contributed by atoms with Gasteiger partial charge >= 0.3 is 0 Å². The van der Waals surface area contributed by atoms with E-state index in [0.717, 1.165) is 12.8 Å². The smallest absolute Gasteiger partial charge is 0.273 e. The minimum atomic E-state index is -0.476. The lowest BCUT2D eigenvalue weighted by molar-refractivity contribution is -0.122. The Morgan fingerprint density at radius 3 is 2.64 bits per heavy atom. The number of hydrogen-bond donors (Lipinski definition) is 3. The molecule has 0 saturated carbocycles. The van der Waals surface area contributed by atoms with Crippen molar-refractivity contribution in [2.24, 2.45) is 0 Å². The van der Waals surface area contributed by atoms with Gasteiger partial charge in [0, 0.05) is 6.42 Å². The van der Waals surface area contributed by atoms with Gasteiger partial charge in [-0.2, -0.15) is 0 Å². The second kappa shape index (κ2) is 9.78. The lowest BCUT2D eigenvalue weighted by Gasteiger charge is -2.11. The minimum absolute atomic E-state index is 0.164. The van der Waals surface area contributed by atoms with Gasteiger partial charge in [-0.05, 0) is 25.0 Å². The molecule has 6 nitrogen and oxygen atoms in total. The van der Waals surface area contributed by atoms with E-state index in [1.54, 1.807) is 24.3 Å². The summed E-state index contributed by atoms with van der Waals surface area (Å²) in [5.41, 5.74) is 5.02. The first-order valence-electron chi connectivity index (χ1n) is 7.48. The van der Waals surface area contributed by atoms with Gasteiger partial charge in [-0.3, -0.25) is 20.4 Å². The molecule has 0 aliphatic rings. The number of carbonyl (C=O) groups is 2. The SMILES string of the molecule is CCCCC(O)CCC(=O)NNC(=O)c1ccccc1OC. The molecule has 6 heteroatoms. The molecule has 0 bridgehead atoms. The predicted octanol–water partition coefficient (Wildman–Crippen LogP) is 1.79. The Bertz CT molecular complexity index is 491. The van der Waals surface area contributed by atoms with E-state index < -0.39 is 12.0 Å². The molecule has 0 aliphatic carbocycles. The number of aliphatic hydroxyl groups excluding tert-OH is 1. The van der Waals surface area contributed by atoms with Gasteiger partial charge in [0.25, 0.3) is 5.91 Å². The number of hydrogen-bond acceptors (Lipinski definition) is 4. The molecule has 0 spiro atoms. The van der Waals surface area contributed by atoms with E-state index in [1.165, 1.54) is 7.11 Å². The number of rotatable bonds is 8. The third-order valence-electron chi connectivity index (χ3n) is 3.26. The standard InChI is InChI=1S/C16H24N2O4/c1-3-4-7-12(19)10-11-15(20)17-18-16(21)13-8-5-6-9-14(13)22-2/h5-6,8-9,12,19H,3-4,7,10-11H2,1-2H3,(H,17,20)(H,18,21). The summed E-state index contributed by atoms with van der Waals surface area (Å²) in [5, 5.41) is 9.67. The number of carbonyl (C=O) groups excluding carboxylic acids is 2. The van der Waals surface area contributed by atoms with Gasteiger partial charge in [0.15, 0.2) is 0 Å². The fourth-order valence-electron chi connectivity index (χ4n) is 1.97. The van der Waals surface area contributed by atoms with Crippen LogP contribution in [0, 0.1) is 0 Å². The number of nitrogens with one attached hydrogen (secondary N) is 2. The maximum absolute atomic E-state index is 12.0. The third-order valence-corrected chi connectivity index (χ3v) is 3.26. The number of unbranched alkanes of at least 4 members (excludes halogenated alkanes) is 1. The van der Waals surface area contributed by atoms with Crippen molar-refractivity contribution >= 4 is 11.8 Å². The molecule has 0 aromatic heterocycles. The summed E-state index contributed by atoms with van der Waals surface area (Å²) >= 11 is 0. The van der Waals surface area contributed by atoms with E-state index in [0.29, 0.717) is 24.2 Å². The van der Waals surface area contributed by atoms with Gasteiger partial charge in [-0.25, -0.2) is 0 Å². The summed E-state index contributed by atoms with van der Waals surface area (Å²) in [7, 11) is 1.47. The predicted molar refractivity (Wildman–Crippen MR) is 83.4 cm³/mol. The van der Waals surface area contributed by atoms with E-state index in [4.69, 9.17) is 4.74 Å². The van der Waals surface area contributed by atoms with E-state index in [9.17, 15) is 14.7 Å². The van der Waals surface area contributed by atoms with Crippen molar-refractivity contribution < 1.29 is 19.4 Å². The largest absolute Gasteiger partial charge is 0.496 e. The molecular formula is C16H24N2O4. The van der Waals surface area contributed by atoms with Crippen LogP contribution < -0.4 is 15.6 Å². The maximum atomic E-state index is 12.0. The van der Waals surface area contributed by atoms with Gasteiger partial charge < -0.3 is 9.84 Å². The summed E-state index contributed by atoms with van der Waals surface area (Å²) in [4.78, 5) is 23.6. The molecule has 1 atom stereocenters. The van der Waals surface area contributed by atoms with Crippen LogP contribution in [0.5, 0.6) is 5.75 Å². The van der Waals surface area contributed by atoms with Crippen molar-refractivity contribution in [3.05, 3.63) is 29.8 Å². The molecule has 0 aliphatic heterocycles. The highest BCUT2D eigenvalue weighted by molar-refractivity contribution is 5.97. The Kier molecular flexibility index (Phi) is 7.99. The Balaban J connectivity index is 2.36. The van der Waals surface area contributed by atoms with E-state index >= 15 is 0 Å². The Labute approximate surface area is 130 Å². The normalized spacial score (nSPS) is 11.6. The Morgan fingerprint density at radius 2 is 1.95 bits per heavy atom. The molecule has 2 amide bonds. The van der Waals surface area contributed by atoms with Crippen LogP contribution in [0.1, 0.15) is 49.4 Å². The monoisotopic (exact) mass is 308 g/mol. The number of aliphatic hydroxyl groups is 1. The quantitative estimate of drug-likeness (QED) is 0.639. The van der Waals surface area contributed by atoms with Gasteiger partial charge in [-0.15, -0.1) is 0 Å². The minimum Gasteiger partial charge on any atom is -0.496 e. The van der Waals surface area contributed by atoms with E-state index in [-0.39, 0.29) is 12.3 Å². The van der Waals surface area contributed by atoms with Crippen molar-refractivity contribution in [3.63, 3.8) is 0 Å². The highest BCUT2D eigenvalue weighted by Gasteiger charge is 2.13. The van der Waals surface area contributed by atoms with Crippen LogP contribution in [0.4, 0.5) is 0 Å². The van der Waals surface area contributed by atoms with Crippen molar-refractivity contribution in [1.82, 2.24) is 10.9 Å². The first kappa shape index (κ1) is 18.0. The van der Waals surface area contributed by atoms with Gasteiger partial charge in [0.05, 0.1) is 18.8 Å². The van der Waals surface area contributed by atoms with E-state index in [1.807, 2.05) is 6.92 Å². The highest BCUT2D eigenvalue weighted by Crippen LogP contribution is 2.16. The zero-order valence-corrected chi connectivity index (χ0v) is 13.1. The molecule has 0 radical (unpaired) electrons. The van der Waals surface area contributed by atoms with Crippen LogP contribution in [-0.2, 0) is 4.79 Å². The molecule has 1 aromatic rings. The second-order valence-corrected chi connectivity index (χ2v) is 5.04. The van der Waals surface area contributed by atoms with Gasteiger partial charge in [0.2, 0.25) is 5.91 Å². The van der Waals surface area contributed by atoms with Crippen molar-refractivity contribution in [3.8, 4) is 5.75 Å². The van der Waals surface area contributed by atoms with Gasteiger partial charge in [0.1, 0.15) is 5.75 Å². The molecule has 1 rings (SSSR count). The molecular weight excluding hydrogens is 284 g/mol. The molecule has 0 heterocycles. The lowest BCUT2D eigenvalue weighted by atomic mass is 10.1. The first-order chi connectivity index (χ1) is 10.6. The van der Waals surface area contributed by atoms with Crippen LogP contribution in [0.2, 0.25) is 0 Å². The van der Waals surface area contributed by atoms with Crippen LogP contribution >= 0.6 is 0 Å². The molecule has 0 fully saturated rings. The number of ether oxygens (including phenoxy) is 1. The second-order valence-electron chi connectivity index (χ2n) is 5.04. The third kappa shape index (κ3) is 6.13. The summed E-state index contributed by atoms with van der Waals surface area (Å²) < 4.78 is 5.08. The zero-order valence-electron chi connectivity index (χ0n) is 13.1. The van der Waals surface area contributed by atoms with Crippen molar-refractivity contribution in [2.45, 2.75) is 45.1 Å². The van der Waals surface area contributed by atoms with Crippen molar-refractivity contribution in [2.75, 3.05) is 7.11 Å². The van der Waals surface area contributed by atoms with E-state index in [2.05, 4.69) is 10.9 Å². The topological polar surface area (TPSA) is 87.7 Å². The molecule has 3 N–H and O–H groups in total. The molecule has 122 valence electrons. The summed E-state index contributed by atoms with van der Waals surface area (Å²) in [6, 6.07) is 6.74. The summed E-state index contributed by atoms with van der Waals surface area (Å²) in [5.74, 6) is -0.347. The lowest BCUT2D eigenvalue weighted by Crippen LogP contribution is -2.41. The van der Waals surface area contributed by atoms with Gasteiger partial charge in [-0.1, -0.05) is 31.9 Å². The first-order valence-corrected chi connectivity index (χ1v) is 7.48. The molecule has 0 saturated heterocycles. The number of hydrazine groups is 1. The average Bonchev–Trinajstić information content (AvgIpc) is 2.55. The van der Waals surface area contributed by atoms with Crippen LogP contribution in [-0.4, -0.2) is 30.1 Å². The van der Waals surface area contributed by atoms with Crippen LogP contribution in [0.25, 0.3) is 0 Å². The highest BCUT2D eigenvalue weighted by atomic mass is 16.5.